The summed E-state index contributed by atoms with van der Waals surface area (Å²) >= 11 is 1.27. The highest BCUT2D eigenvalue weighted by atomic mass is 32.2. The second kappa shape index (κ2) is 11.7. The number of benzene rings is 1. The van der Waals surface area contributed by atoms with E-state index in [1.165, 1.54) is 11.8 Å². The first-order valence-corrected chi connectivity index (χ1v) is 11.8. The molecule has 0 N–H and O–H groups in total. The summed E-state index contributed by atoms with van der Waals surface area (Å²) in [5.74, 6) is 1.11. The van der Waals surface area contributed by atoms with Gasteiger partial charge in [0.15, 0.2) is 0 Å². The van der Waals surface area contributed by atoms with Gasteiger partial charge in [-0.1, -0.05) is 23.9 Å². The van der Waals surface area contributed by atoms with Crippen molar-refractivity contribution in [1.29, 1.82) is 10.5 Å². The standard InChI is InChI=1S/C24H19F3N6O2S/c25-16-12-33(13-16)22-19(10-28)21(15-3-5-18(6-4-15)34-8-9-35-24(26)27)20(11-29)23(31-22)36-14-17-2-1-7-30-32-17/h1-7,16,24H,8-9,12-14H2. The first kappa shape index (κ1) is 25.2. The highest BCUT2D eigenvalue weighted by Gasteiger charge is 2.32. The molecule has 8 nitrogen and oxygen atoms in total. The predicted octanol–water partition coefficient (Wildman–Crippen LogP) is 4.35. The molecule has 36 heavy (non-hydrogen) atoms. The number of hydrogen-bond acceptors (Lipinski definition) is 9. The smallest absolute Gasteiger partial charge is 0.345 e. The van der Waals surface area contributed by atoms with Crippen LogP contribution in [0, 0.1) is 22.7 Å². The Hall–Kier alpha value is -3.87. The third-order valence-corrected chi connectivity index (χ3v) is 6.24. The molecule has 1 fully saturated rings. The van der Waals surface area contributed by atoms with Crippen molar-refractivity contribution in [3.8, 4) is 29.0 Å². The zero-order valence-electron chi connectivity index (χ0n) is 18.8. The Balaban J connectivity index is 1.69. The molecule has 0 aliphatic carbocycles. The zero-order chi connectivity index (χ0) is 25.5. The lowest BCUT2D eigenvalue weighted by Crippen LogP contribution is -2.49. The summed E-state index contributed by atoms with van der Waals surface area (Å²) < 4.78 is 47.4. The number of thioether (sulfide) groups is 1. The Morgan fingerprint density at radius 1 is 1.08 bits per heavy atom. The lowest BCUT2D eigenvalue weighted by Gasteiger charge is -2.36. The van der Waals surface area contributed by atoms with Crippen molar-refractivity contribution in [3.63, 3.8) is 0 Å². The van der Waals surface area contributed by atoms with Gasteiger partial charge in [0.1, 0.15) is 47.1 Å². The van der Waals surface area contributed by atoms with Crippen LogP contribution in [0.25, 0.3) is 11.1 Å². The van der Waals surface area contributed by atoms with E-state index in [0.717, 1.165) is 0 Å². The maximum Gasteiger partial charge on any atom is 0.345 e. The molecule has 4 rings (SSSR count). The van der Waals surface area contributed by atoms with E-state index < -0.39 is 12.8 Å². The average Bonchev–Trinajstić information content (AvgIpc) is 2.88. The van der Waals surface area contributed by atoms with E-state index in [0.29, 0.717) is 39.2 Å². The lowest BCUT2D eigenvalue weighted by molar-refractivity contribution is -0.133. The molecule has 3 aromatic rings. The number of hydrogen-bond donors (Lipinski definition) is 0. The summed E-state index contributed by atoms with van der Waals surface area (Å²) in [5.41, 5.74) is 2.00. The highest BCUT2D eigenvalue weighted by molar-refractivity contribution is 7.98. The summed E-state index contributed by atoms with van der Waals surface area (Å²) in [6.07, 6.45) is 0.542. The minimum absolute atomic E-state index is 0.0709. The van der Waals surface area contributed by atoms with Crippen LogP contribution in [0.2, 0.25) is 0 Å². The van der Waals surface area contributed by atoms with Gasteiger partial charge in [-0.25, -0.2) is 9.37 Å². The Bertz CT molecular complexity index is 1280. The lowest BCUT2D eigenvalue weighted by atomic mass is 9.95. The number of anilines is 1. The van der Waals surface area contributed by atoms with Gasteiger partial charge >= 0.3 is 6.61 Å². The first-order valence-electron chi connectivity index (χ1n) is 10.8. The van der Waals surface area contributed by atoms with Crippen LogP contribution >= 0.6 is 11.8 Å². The molecule has 0 radical (unpaired) electrons. The van der Waals surface area contributed by atoms with Crippen molar-refractivity contribution in [2.24, 2.45) is 0 Å². The Labute approximate surface area is 209 Å². The van der Waals surface area contributed by atoms with E-state index in [1.807, 2.05) is 0 Å². The average molecular weight is 513 g/mol. The maximum absolute atomic E-state index is 13.7. The fraction of sp³-hybridized carbons (Fsp3) is 0.292. The molecule has 1 aromatic carbocycles. The van der Waals surface area contributed by atoms with Crippen LogP contribution in [-0.4, -0.2) is 54.3 Å². The number of nitriles is 2. The van der Waals surface area contributed by atoms with Crippen LogP contribution in [0.4, 0.5) is 19.0 Å². The molecule has 1 aliphatic heterocycles. The van der Waals surface area contributed by atoms with Crippen molar-refractivity contribution >= 4 is 17.6 Å². The van der Waals surface area contributed by atoms with Crippen LogP contribution in [-0.2, 0) is 10.5 Å². The van der Waals surface area contributed by atoms with E-state index >= 15 is 0 Å². The van der Waals surface area contributed by atoms with Gasteiger partial charge in [-0.2, -0.15) is 29.5 Å². The van der Waals surface area contributed by atoms with Gasteiger partial charge in [0.05, 0.1) is 31.0 Å². The van der Waals surface area contributed by atoms with Gasteiger partial charge < -0.3 is 14.4 Å². The second-order valence-corrected chi connectivity index (χ2v) is 8.56. The topological polar surface area (TPSA) is 108 Å². The molecule has 3 heterocycles. The van der Waals surface area contributed by atoms with E-state index in [2.05, 4.69) is 32.1 Å². The Morgan fingerprint density at radius 3 is 2.44 bits per heavy atom. The number of rotatable bonds is 10. The van der Waals surface area contributed by atoms with Gasteiger partial charge in [0, 0.05) is 17.5 Å². The van der Waals surface area contributed by atoms with Crippen LogP contribution < -0.4 is 9.64 Å². The quantitative estimate of drug-likeness (QED) is 0.289. The van der Waals surface area contributed by atoms with E-state index in [-0.39, 0.29) is 37.4 Å². The SMILES string of the molecule is N#Cc1c(SCc2cccnn2)nc(N2CC(F)C2)c(C#N)c1-c1ccc(OCCOC(F)F)cc1. The number of nitrogens with zero attached hydrogens (tertiary/aromatic N) is 6. The third kappa shape index (κ3) is 5.85. The Kier molecular flexibility index (Phi) is 8.21. The van der Waals surface area contributed by atoms with E-state index in [4.69, 9.17) is 4.74 Å². The summed E-state index contributed by atoms with van der Waals surface area (Å²) in [5, 5.41) is 28.4. The number of ether oxygens (including phenoxy) is 2. The molecule has 0 bridgehead atoms. The van der Waals surface area contributed by atoms with Crippen molar-refractivity contribution in [2.45, 2.75) is 23.6 Å². The zero-order valence-corrected chi connectivity index (χ0v) is 19.6. The molecule has 12 heteroatoms. The van der Waals surface area contributed by atoms with Crippen LogP contribution in [0.1, 0.15) is 16.8 Å². The van der Waals surface area contributed by atoms with E-state index in [1.54, 1.807) is 47.5 Å². The molecule has 0 unspecified atom stereocenters. The largest absolute Gasteiger partial charge is 0.491 e. The number of halogens is 3. The minimum Gasteiger partial charge on any atom is -0.491 e. The molecule has 0 spiro atoms. The molecule has 184 valence electrons. The van der Waals surface area contributed by atoms with Crippen LogP contribution in [0.5, 0.6) is 5.75 Å². The summed E-state index contributed by atoms with van der Waals surface area (Å²) in [4.78, 5) is 6.25. The van der Waals surface area contributed by atoms with Crippen LogP contribution in [0.15, 0.2) is 47.6 Å². The third-order valence-electron chi connectivity index (χ3n) is 5.23. The second-order valence-electron chi connectivity index (χ2n) is 7.60. The molecule has 0 amide bonds. The van der Waals surface area contributed by atoms with Crippen molar-refractivity contribution in [3.05, 3.63) is 59.4 Å². The van der Waals surface area contributed by atoms with Gasteiger partial charge in [-0.3, -0.25) is 0 Å². The van der Waals surface area contributed by atoms with Crippen LogP contribution in [0.3, 0.4) is 0 Å². The Morgan fingerprint density at radius 2 is 1.83 bits per heavy atom. The van der Waals surface area contributed by atoms with Gasteiger partial charge in [-0.15, -0.1) is 0 Å². The summed E-state index contributed by atoms with van der Waals surface area (Å²) in [6, 6.07) is 14.4. The summed E-state index contributed by atoms with van der Waals surface area (Å²) in [6.45, 7) is -3.00. The molecule has 1 saturated heterocycles. The number of aromatic nitrogens is 3. The maximum atomic E-state index is 13.7. The molecule has 0 atom stereocenters. The highest BCUT2D eigenvalue weighted by Crippen LogP contribution is 2.40. The summed E-state index contributed by atoms with van der Waals surface area (Å²) in [7, 11) is 0. The molecule has 0 saturated carbocycles. The fourth-order valence-corrected chi connectivity index (χ4v) is 4.43. The molecular weight excluding hydrogens is 493 g/mol. The van der Waals surface area contributed by atoms with Crippen molar-refractivity contribution in [1.82, 2.24) is 15.2 Å². The van der Waals surface area contributed by atoms with Gasteiger partial charge in [0.25, 0.3) is 0 Å². The number of pyridine rings is 1. The first-order chi connectivity index (χ1) is 17.5. The predicted molar refractivity (Wildman–Crippen MR) is 125 cm³/mol. The molecular formula is C24H19F3N6O2S. The number of alkyl halides is 3. The normalized spacial score (nSPS) is 13.2. The van der Waals surface area contributed by atoms with E-state index in [9.17, 15) is 23.7 Å². The molecule has 2 aromatic heterocycles. The van der Waals surface area contributed by atoms with Crippen molar-refractivity contribution < 1.29 is 22.6 Å². The fourth-order valence-electron chi connectivity index (χ4n) is 3.55. The monoisotopic (exact) mass is 512 g/mol. The van der Waals surface area contributed by atoms with Gasteiger partial charge in [0.2, 0.25) is 0 Å². The van der Waals surface area contributed by atoms with Gasteiger partial charge in [-0.05, 0) is 29.8 Å². The van der Waals surface area contributed by atoms with Crippen molar-refractivity contribution in [2.75, 3.05) is 31.2 Å². The molecule has 1 aliphatic rings. The minimum atomic E-state index is -2.87.